The highest BCUT2D eigenvalue weighted by Crippen LogP contribution is 2.44. The van der Waals surface area contributed by atoms with Crippen LogP contribution in [0.15, 0.2) is 48.7 Å². The Labute approximate surface area is 306 Å². The molecular weight excluding hydrogens is 685 g/mol. The number of halogens is 2. The molecule has 0 saturated heterocycles. The second-order valence-electron chi connectivity index (χ2n) is 13.6. The molecule has 0 spiro atoms. The number of benzene rings is 3. The molecule has 0 fully saturated rings. The van der Waals surface area contributed by atoms with Crippen LogP contribution in [0.1, 0.15) is 68.7 Å². The minimum absolute atomic E-state index is 0.158. The van der Waals surface area contributed by atoms with Crippen molar-refractivity contribution in [1.82, 2.24) is 18.9 Å². The number of carbonyl (C=O) groups excluding carboxylic acids is 1. The lowest BCUT2D eigenvalue weighted by atomic mass is 9.98. The van der Waals surface area contributed by atoms with E-state index in [-0.39, 0.29) is 17.5 Å². The lowest BCUT2D eigenvalue weighted by molar-refractivity contribution is 0.0698. The summed E-state index contributed by atoms with van der Waals surface area (Å²) in [5.74, 6) is -0.450. The number of anilines is 1. The number of aromatic carboxylic acids is 1. The zero-order valence-electron chi connectivity index (χ0n) is 29.9. The summed E-state index contributed by atoms with van der Waals surface area (Å²) < 4.78 is 12.0. The lowest BCUT2D eigenvalue weighted by Crippen LogP contribution is -2.48. The van der Waals surface area contributed by atoms with Crippen LogP contribution >= 0.6 is 23.2 Å². The van der Waals surface area contributed by atoms with E-state index in [9.17, 15) is 9.90 Å². The maximum absolute atomic E-state index is 15.1. The smallest absolute Gasteiger partial charge is 0.337 e. The SMILES string of the molecule is CC[C@@H]1Cn2c(c(CCCOc3cc(C)c(Cl)c(C)c3)c3ccc(Cl)c(-c4c(C)nn(C)c4C)c32)C(=O)N1c1cc(C(=O)O)c2c(ccn2C)c1. The van der Waals surface area contributed by atoms with Gasteiger partial charge in [0.1, 0.15) is 11.4 Å². The molecule has 11 heteroatoms. The number of aryl methyl sites for hydroxylation is 6. The van der Waals surface area contributed by atoms with Crippen molar-refractivity contribution in [2.24, 2.45) is 14.1 Å². The van der Waals surface area contributed by atoms with Gasteiger partial charge < -0.3 is 23.9 Å². The van der Waals surface area contributed by atoms with Crippen LogP contribution in [0.5, 0.6) is 5.75 Å². The van der Waals surface area contributed by atoms with Gasteiger partial charge in [0.05, 0.1) is 40.0 Å². The minimum atomic E-state index is -1.04. The molecule has 4 heterocycles. The van der Waals surface area contributed by atoms with Gasteiger partial charge in [0, 0.05) is 65.1 Å². The van der Waals surface area contributed by atoms with E-state index in [4.69, 9.17) is 33.0 Å². The van der Waals surface area contributed by atoms with E-state index in [2.05, 4.69) is 11.5 Å². The third-order valence-corrected chi connectivity index (χ3v) is 11.3. The number of aromatic nitrogens is 4. The summed E-state index contributed by atoms with van der Waals surface area (Å²) >= 11 is 13.5. The molecule has 0 radical (unpaired) electrons. The predicted octanol–water partition coefficient (Wildman–Crippen LogP) is 9.22. The Bertz CT molecular complexity index is 2380. The highest BCUT2D eigenvalue weighted by molar-refractivity contribution is 6.35. The summed E-state index contributed by atoms with van der Waals surface area (Å²) in [6.45, 7) is 11.0. The molecule has 51 heavy (non-hydrogen) atoms. The zero-order valence-corrected chi connectivity index (χ0v) is 31.4. The first-order valence-corrected chi connectivity index (χ1v) is 18.0. The molecule has 1 N–H and O–H groups in total. The number of carboxylic acids is 1. The van der Waals surface area contributed by atoms with Crippen LogP contribution < -0.4 is 9.64 Å². The fraction of sp³-hybridized carbons (Fsp3) is 0.325. The second kappa shape index (κ2) is 13.1. The molecule has 0 saturated carbocycles. The Balaban J connectivity index is 1.39. The van der Waals surface area contributed by atoms with Crippen molar-refractivity contribution in [3.63, 3.8) is 0 Å². The molecule has 6 aromatic rings. The van der Waals surface area contributed by atoms with Gasteiger partial charge in [-0.05, 0) is 100 Å². The Morgan fingerprint density at radius 3 is 2.37 bits per heavy atom. The summed E-state index contributed by atoms with van der Waals surface area (Å²) in [6.07, 6.45) is 3.73. The number of nitrogens with zero attached hydrogens (tertiary/aromatic N) is 5. The van der Waals surface area contributed by atoms with E-state index < -0.39 is 5.97 Å². The number of amides is 1. The molecule has 0 aliphatic carbocycles. The second-order valence-corrected chi connectivity index (χ2v) is 14.4. The standard InChI is InChI=1S/C40H41Cl2N5O4/c1-8-26-20-46-37-30(11-12-32(41)34(37)33-23(4)43-45(7)24(33)5)29(10-9-15-51-28-16-21(2)35(42)22(3)17-28)38(46)39(48)47(26)27-18-25-13-14-44(6)36(25)31(19-27)40(49)50/h11-14,16-19,26H,8-10,15,20H2,1-7H3,(H,49,50)/t26-/m1/s1. The quantitative estimate of drug-likeness (QED) is 0.150. The lowest BCUT2D eigenvalue weighted by Gasteiger charge is -2.37. The van der Waals surface area contributed by atoms with Gasteiger partial charge in [-0.25, -0.2) is 4.79 Å². The third kappa shape index (κ3) is 5.67. The molecular formula is C40H41Cl2N5O4. The van der Waals surface area contributed by atoms with Crippen molar-refractivity contribution < 1.29 is 19.4 Å². The Morgan fingerprint density at radius 1 is 1.00 bits per heavy atom. The van der Waals surface area contributed by atoms with Gasteiger partial charge in [-0.15, -0.1) is 0 Å². The monoisotopic (exact) mass is 725 g/mol. The Hall–Kier alpha value is -4.73. The normalized spacial score (nSPS) is 14.6. The van der Waals surface area contributed by atoms with Crippen molar-refractivity contribution >= 4 is 62.6 Å². The maximum Gasteiger partial charge on any atom is 0.337 e. The average molecular weight is 727 g/mol. The fourth-order valence-corrected chi connectivity index (χ4v) is 8.27. The van der Waals surface area contributed by atoms with Crippen LogP contribution in [0.4, 0.5) is 5.69 Å². The van der Waals surface area contributed by atoms with Gasteiger partial charge in [0.25, 0.3) is 5.91 Å². The van der Waals surface area contributed by atoms with E-state index in [1.807, 2.05) is 89.1 Å². The van der Waals surface area contributed by atoms with Crippen molar-refractivity contribution in [3.05, 3.63) is 98.0 Å². The number of carbonyl (C=O) groups is 2. The molecule has 1 atom stereocenters. The fourth-order valence-electron chi connectivity index (χ4n) is 7.92. The zero-order chi connectivity index (χ0) is 36.5. The number of fused-ring (bicyclic) bond motifs is 4. The van der Waals surface area contributed by atoms with Crippen LogP contribution in [-0.2, 0) is 27.1 Å². The van der Waals surface area contributed by atoms with E-state index >= 15 is 4.79 Å². The van der Waals surface area contributed by atoms with Gasteiger partial charge in [-0.1, -0.05) is 36.2 Å². The molecule has 0 unspecified atom stereocenters. The van der Waals surface area contributed by atoms with Gasteiger partial charge in [0.15, 0.2) is 0 Å². The number of hydrogen-bond acceptors (Lipinski definition) is 4. The molecule has 9 nitrogen and oxygen atoms in total. The van der Waals surface area contributed by atoms with E-state index in [1.165, 1.54) is 0 Å². The van der Waals surface area contributed by atoms with Crippen LogP contribution in [0, 0.1) is 27.7 Å². The highest BCUT2D eigenvalue weighted by Gasteiger charge is 2.38. The molecule has 3 aromatic carbocycles. The van der Waals surface area contributed by atoms with Gasteiger partial charge in [-0.2, -0.15) is 5.10 Å². The van der Waals surface area contributed by atoms with Crippen LogP contribution in [0.25, 0.3) is 32.9 Å². The van der Waals surface area contributed by atoms with Crippen molar-refractivity contribution in [3.8, 4) is 16.9 Å². The minimum Gasteiger partial charge on any atom is -0.494 e. The van der Waals surface area contributed by atoms with Crippen molar-refractivity contribution in [2.75, 3.05) is 11.5 Å². The van der Waals surface area contributed by atoms with E-state index in [0.717, 1.165) is 66.3 Å². The number of rotatable bonds is 9. The summed E-state index contributed by atoms with van der Waals surface area (Å²) in [4.78, 5) is 29.4. The van der Waals surface area contributed by atoms with Crippen molar-refractivity contribution in [2.45, 2.75) is 66.5 Å². The molecule has 264 valence electrons. The number of hydrogen-bond donors (Lipinski definition) is 1. The predicted molar refractivity (Wildman–Crippen MR) is 204 cm³/mol. The highest BCUT2D eigenvalue weighted by atomic mass is 35.5. The van der Waals surface area contributed by atoms with E-state index in [1.54, 1.807) is 15.5 Å². The van der Waals surface area contributed by atoms with Crippen molar-refractivity contribution in [1.29, 1.82) is 0 Å². The Kier molecular flexibility index (Phi) is 8.92. The average Bonchev–Trinajstić information content (AvgIpc) is 3.71. The first-order valence-electron chi connectivity index (χ1n) is 17.2. The molecule has 1 amide bonds. The largest absolute Gasteiger partial charge is 0.494 e. The molecule has 3 aromatic heterocycles. The van der Waals surface area contributed by atoms with E-state index in [0.29, 0.717) is 54.3 Å². The molecule has 1 aliphatic heterocycles. The topological polar surface area (TPSA) is 94.5 Å². The molecule has 0 bridgehead atoms. The third-order valence-electron chi connectivity index (χ3n) is 10.4. The van der Waals surface area contributed by atoms with Crippen LogP contribution in [0.2, 0.25) is 10.0 Å². The summed E-state index contributed by atoms with van der Waals surface area (Å²) in [7, 11) is 3.75. The molecule has 7 rings (SSSR count). The van der Waals surface area contributed by atoms with Crippen LogP contribution in [-0.4, -0.2) is 48.5 Å². The van der Waals surface area contributed by atoms with Gasteiger partial charge >= 0.3 is 5.97 Å². The first-order chi connectivity index (χ1) is 24.3. The Morgan fingerprint density at radius 2 is 1.73 bits per heavy atom. The summed E-state index contributed by atoms with van der Waals surface area (Å²) in [5.41, 5.74) is 9.33. The van der Waals surface area contributed by atoms with Crippen LogP contribution in [0.3, 0.4) is 0 Å². The molecule has 1 aliphatic rings. The summed E-state index contributed by atoms with van der Waals surface area (Å²) in [5, 5.41) is 18.0. The maximum atomic E-state index is 15.1. The van der Waals surface area contributed by atoms with Gasteiger partial charge in [-0.3, -0.25) is 9.48 Å². The van der Waals surface area contributed by atoms with Gasteiger partial charge in [0.2, 0.25) is 0 Å². The number of ether oxygens (including phenoxy) is 1. The summed E-state index contributed by atoms with van der Waals surface area (Å²) in [6, 6.07) is 13.0. The first kappa shape index (κ1) is 34.7. The number of carboxylic acid groups (broad SMARTS) is 1.